The molecule has 1 saturated carbocycles. The molecule has 2 atom stereocenters. The average molecular weight is 360 g/mol. The summed E-state index contributed by atoms with van der Waals surface area (Å²) in [5.41, 5.74) is 0.955. The molecular weight excluding hydrogens is 336 g/mol. The number of aryl methyl sites for hydroxylation is 1. The minimum Gasteiger partial charge on any atom is -0.456 e. The number of ether oxygens (including phenoxy) is 1. The molecule has 1 amide bonds. The highest BCUT2D eigenvalue weighted by molar-refractivity contribution is 7.18. The van der Waals surface area contributed by atoms with Crippen LogP contribution in [0.4, 0.5) is 0 Å². The van der Waals surface area contributed by atoms with Gasteiger partial charge in [-0.25, -0.2) is 4.98 Å². The summed E-state index contributed by atoms with van der Waals surface area (Å²) in [6, 6.07) is 8.12. The van der Waals surface area contributed by atoms with Gasteiger partial charge in [0.2, 0.25) is 0 Å². The van der Waals surface area contributed by atoms with E-state index in [0.29, 0.717) is 12.3 Å². The lowest BCUT2D eigenvalue weighted by molar-refractivity contribution is -0.148. The average Bonchev–Trinajstić information content (AvgIpc) is 3.03. The Labute approximate surface area is 151 Å². The Morgan fingerprint density at radius 1 is 1.28 bits per heavy atom. The second kappa shape index (κ2) is 8.43. The van der Waals surface area contributed by atoms with Crippen molar-refractivity contribution in [1.29, 1.82) is 0 Å². The first kappa shape index (κ1) is 17.9. The molecule has 1 aromatic carbocycles. The number of nitrogens with one attached hydrogen (secondary N) is 1. The maximum Gasteiger partial charge on any atom is 0.306 e. The Morgan fingerprint density at radius 3 is 2.88 bits per heavy atom. The molecule has 5 nitrogen and oxygen atoms in total. The van der Waals surface area contributed by atoms with E-state index >= 15 is 0 Å². The summed E-state index contributed by atoms with van der Waals surface area (Å²) in [5, 5.41) is 3.90. The normalized spacial score (nSPS) is 20.4. The van der Waals surface area contributed by atoms with E-state index in [2.05, 4.69) is 17.2 Å². The Bertz CT molecular complexity index is 710. The minimum atomic E-state index is -0.355. The maximum atomic E-state index is 12.0. The van der Waals surface area contributed by atoms with Gasteiger partial charge in [0.15, 0.2) is 6.61 Å². The zero-order chi connectivity index (χ0) is 17.6. The van der Waals surface area contributed by atoms with E-state index in [0.717, 1.165) is 34.5 Å². The van der Waals surface area contributed by atoms with Crippen LogP contribution in [0.15, 0.2) is 24.3 Å². The number of para-hydroxylation sites is 1. The van der Waals surface area contributed by atoms with Gasteiger partial charge in [-0.3, -0.25) is 9.59 Å². The van der Waals surface area contributed by atoms with Gasteiger partial charge in [-0.15, -0.1) is 11.3 Å². The fraction of sp³-hybridized carbons (Fsp3) is 0.526. The topological polar surface area (TPSA) is 68.3 Å². The van der Waals surface area contributed by atoms with Crippen molar-refractivity contribution >= 4 is 33.4 Å². The molecule has 134 valence electrons. The molecule has 0 aliphatic heterocycles. The quantitative estimate of drug-likeness (QED) is 0.801. The third kappa shape index (κ3) is 5.01. The number of thiazole rings is 1. The van der Waals surface area contributed by atoms with Gasteiger partial charge in [-0.05, 0) is 30.9 Å². The maximum absolute atomic E-state index is 12.0. The molecule has 0 saturated heterocycles. The van der Waals surface area contributed by atoms with E-state index in [1.807, 2.05) is 24.3 Å². The summed E-state index contributed by atoms with van der Waals surface area (Å²) in [4.78, 5) is 28.3. The van der Waals surface area contributed by atoms with Crippen LogP contribution in [0, 0.1) is 5.92 Å². The van der Waals surface area contributed by atoms with Crippen LogP contribution in [0.5, 0.6) is 0 Å². The van der Waals surface area contributed by atoms with Gasteiger partial charge in [-0.2, -0.15) is 0 Å². The van der Waals surface area contributed by atoms with Crippen LogP contribution in [0.3, 0.4) is 0 Å². The number of carbonyl (C=O) groups excluding carboxylic acids is 2. The van der Waals surface area contributed by atoms with Crippen LogP contribution in [-0.2, 0) is 20.7 Å². The second-order valence-electron chi connectivity index (χ2n) is 6.67. The van der Waals surface area contributed by atoms with E-state index in [-0.39, 0.29) is 30.9 Å². The molecule has 1 heterocycles. The molecule has 6 heteroatoms. The first-order valence-corrected chi connectivity index (χ1v) is 9.73. The molecule has 0 radical (unpaired) electrons. The van der Waals surface area contributed by atoms with Gasteiger partial charge in [0.25, 0.3) is 5.91 Å². The van der Waals surface area contributed by atoms with Crippen molar-refractivity contribution in [3.63, 3.8) is 0 Å². The van der Waals surface area contributed by atoms with Gasteiger partial charge < -0.3 is 10.1 Å². The summed E-state index contributed by atoms with van der Waals surface area (Å²) in [7, 11) is 0. The number of carbonyl (C=O) groups is 2. The summed E-state index contributed by atoms with van der Waals surface area (Å²) in [5.74, 6) is -0.0642. The Balaban J connectivity index is 1.39. The second-order valence-corrected chi connectivity index (χ2v) is 7.79. The van der Waals surface area contributed by atoms with Gasteiger partial charge in [0.05, 0.1) is 21.6 Å². The summed E-state index contributed by atoms with van der Waals surface area (Å²) < 4.78 is 6.22. The van der Waals surface area contributed by atoms with Crippen molar-refractivity contribution in [1.82, 2.24) is 10.3 Å². The lowest BCUT2D eigenvalue weighted by atomic mass is 9.86. The van der Waals surface area contributed by atoms with Crippen molar-refractivity contribution in [2.45, 2.75) is 51.5 Å². The van der Waals surface area contributed by atoms with Crippen molar-refractivity contribution in [3.05, 3.63) is 29.3 Å². The summed E-state index contributed by atoms with van der Waals surface area (Å²) >= 11 is 1.59. The standard InChI is InChI=1S/C19H24N2O3S/c1-13-6-2-3-7-14(13)20-17(22)12-24-19(23)11-10-18-21-15-8-4-5-9-16(15)25-18/h4-5,8-9,13-14H,2-3,6-7,10-12H2,1H3,(H,20,22). The van der Waals surface area contributed by atoms with E-state index in [9.17, 15) is 9.59 Å². The molecule has 3 rings (SSSR count). The molecule has 1 N–H and O–H groups in total. The Kier molecular flexibility index (Phi) is 6.02. The SMILES string of the molecule is CC1CCCCC1NC(=O)COC(=O)CCc1nc2ccccc2s1. The lowest BCUT2D eigenvalue weighted by Crippen LogP contribution is -2.42. The number of aromatic nitrogens is 1. The Morgan fingerprint density at radius 2 is 2.08 bits per heavy atom. The van der Waals surface area contributed by atoms with Gasteiger partial charge in [-0.1, -0.05) is 31.9 Å². The largest absolute Gasteiger partial charge is 0.456 e. The molecule has 1 aliphatic rings. The summed E-state index contributed by atoms with van der Waals surface area (Å²) in [6.45, 7) is 1.97. The minimum absolute atomic E-state index is 0.193. The van der Waals surface area contributed by atoms with E-state index in [4.69, 9.17) is 4.74 Å². The number of hydrogen-bond donors (Lipinski definition) is 1. The van der Waals surface area contributed by atoms with E-state index in [1.165, 1.54) is 6.42 Å². The van der Waals surface area contributed by atoms with Crippen LogP contribution < -0.4 is 5.32 Å². The fourth-order valence-corrected chi connectivity index (χ4v) is 4.20. The van der Waals surface area contributed by atoms with Crippen molar-refractivity contribution in [2.75, 3.05) is 6.61 Å². The molecule has 25 heavy (non-hydrogen) atoms. The third-order valence-corrected chi connectivity index (χ3v) is 5.80. The first-order valence-electron chi connectivity index (χ1n) is 8.91. The molecule has 1 aromatic heterocycles. The number of nitrogens with zero attached hydrogens (tertiary/aromatic N) is 1. The lowest BCUT2D eigenvalue weighted by Gasteiger charge is -2.29. The zero-order valence-electron chi connectivity index (χ0n) is 14.5. The fourth-order valence-electron chi connectivity index (χ4n) is 3.23. The molecule has 0 bridgehead atoms. The zero-order valence-corrected chi connectivity index (χ0v) is 15.3. The number of hydrogen-bond acceptors (Lipinski definition) is 5. The van der Waals surface area contributed by atoms with Crippen molar-refractivity contribution in [3.8, 4) is 0 Å². The van der Waals surface area contributed by atoms with Gasteiger partial charge in [0, 0.05) is 12.5 Å². The van der Waals surface area contributed by atoms with Crippen LogP contribution in [0.1, 0.15) is 44.0 Å². The number of benzene rings is 1. The highest BCUT2D eigenvalue weighted by atomic mass is 32.1. The van der Waals surface area contributed by atoms with Gasteiger partial charge >= 0.3 is 5.97 Å². The predicted molar refractivity (Wildman–Crippen MR) is 98.5 cm³/mol. The highest BCUT2D eigenvalue weighted by Crippen LogP contribution is 2.24. The van der Waals surface area contributed by atoms with Crippen LogP contribution in [0.25, 0.3) is 10.2 Å². The third-order valence-electron chi connectivity index (χ3n) is 4.70. The number of amides is 1. The smallest absolute Gasteiger partial charge is 0.306 e. The predicted octanol–water partition coefficient (Wildman–Crippen LogP) is 3.47. The van der Waals surface area contributed by atoms with Crippen LogP contribution in [-0.4, -0.2) is 29.5 Å². The van der Waals surface area contributed by atoms with Crippen molar-refractivity contribution < 1.29 is 14.3 Å². The van der Waals surface area contributed by atoms with Gasteiger partial charge in [0.1, 0.15) is 0 Å². The van der Waals surface area contributed by atoms with Crippen LogP contribution in [0.2, 0.25) is 0 Å². The highest BCUT2D eigenvalue weighted by Gasteiger charge is 2.23. The number of esters is 1. The molecule has 0 spiro atoms. The van der Waals surface area contributed by atoms with Crippen molar-refractivity contribution in [2.24, 2.45) is 5.92 Å². The number of rotatable bonds is 6. The summed E-state index contributed by atoms with van der Waals surface area (Å²) in [6.07, 6.45) is 5.32. The molecule has 1 fully saturated rings. The molecule has 2 aromatic rings. The van der Waals surface area contributed by atoms with E-state index < -0.39 is 0 Å². The number of fused-ring (bicyclic) bond motifs is 1. The first-order chi connectivity index (χ1) is 12.1. The Hall–Kier alpha value is -1.95. The monoisotopic (exact) mass is 360 g/mol. The van der Waals surface area contributed by atoms with E-state index in [1.54, 1.807) is 11.3 Å². The molecule has 1 aliphatic carbocycles. The molecule has 2 unspecified atom stereocenters. The van der Waals surface area contributed by atoms with Crippen LogP contribution >= 0.6 is 11.3 Å². The molecular formula is C19H24N2O3S.